The summed E-state index contributed by atoms with van der Waals surface area (Å²) in [6.07, 6.45) is 0. The molecule has 0 radical (unpaired) electrons. The Morgan fingerprint density at radius 2 is 2.12 bits per heavy atom. The number of para-hydroxylation sites is 1. The van der Waals surface area contributed by atoms with Crippen LogP contribution in [-0.2, 0) is 4.74 Å². The third kappa shape index (κ3) is 2.03. The minimum Gasteiger partial charge on any atom is -0.496 e. The van der Waals surface area contributed by atoms with Gasteiger partial charge in [-0.15, -0.1) is 0 Å². The van der Waals surface area contributed by atoms with E-state index >= 15 is 0 Å². The van der Waals surface area contributed by atoms with E-state index in [1.807, 2.05) is 24.3 Å². The molecule has 0 fully saturated rings. The van der Waals surface area contributed by atoms with Crippen molar-refractivity contribution in [2.45, 2.75) is 19.9 Å². The number of hydrogen-bond donors (Lipinski definition) is 0. The molecule has 1 heterocycles. The molecule has 1 aliphatic rings. The molecule has 86 valence electrons. The Hall–Kier alpha value is -1.51. The maximum absolute atomic E-state index is 5.63. The van der Waals surface area contributed by atoms with Crippen LogP contribution in [0.15, 0.2) is 29.3 Å². The molecule has 0 bridgehead atoms. The summed E-state index contributed by atoms with van der Waals surface area (Å²) >= 11 is 0. The van der Waals surface area contributed by atoms with Gasteiger partial charge >= 0.3 is 0 Å². The van der Waals surface area contributed by atoms with Crippen molar-refractivity contribution in [3.8, 4) is 5.75 Å². The van der Waals surface area contributed by atoms with Crippen LogP contribution in [0.25, 0.3) is 0 Å². The van der Waals surface area contributed by atoms with Gasteiger partial charge in [0.25, 0.3) is 0 Å². The number of aliphatic imine (C=N–C) groups is 1. The number of benzene rings is 1. The summed E-state index contributed by atoms with van der Waals surface area (Å²) in [6, 6.07) is 8.06. The quantitative estimate of drug-likeness (QED) is 0.782. The van der Waals surface area contributed by atoms with Crippen LogP contribution >= 0.6 is 0 Å². The second-order valence-electron chi connectivity index (χ2n) is 4.26. The molecule has 0 saturated carbocycles. The number of methoxy groups -OCH3 is 1. The Balaban J connectivity index is 2.28. The third-order valence-electron chi connectivity index (χ3n) is 2.78. The van der Waals surface area contributed by atoms with Gasteiger partial charge in [0, 0.05) is 0 Å². The number of rotatable bonds is 3. The molecule has 0 spiro atoms. The fourth-order valence-electron chi connectivity index (χ4n) is 1.70. The molecular formula is C13H17NO2. The van der Waals surface area contributed by atoms with Crippen LogP contribution in [-0.4, -0.2) is 25.7 Å². The van der Waals surface area contributed by atoms with Gasteiger partial charge in [0.2, 0.25) is 5.90 Å². The van der Waals surface area contributed by atoms with Gasteiger partial charge in [0.05, 0.1) is 18.7 Å². The highest BCUT2D eigenvalue weighted by Crippen LogP contribution is 2.23. The first-order valence-corrected chi connectivity index (χ1v) is 5.56. The first kappa shape index (κ1) is 11.0. The summed E-state index contributed by atoms with van der Waals surface area (Å²) in [5.74, 6) is 2.02. The van der Waals surface area contributed by atoms with E-state index in [9.17, 15) is 0 Å². The highest BCUT2D eigenvalue weighted by atomic mass is 16.5. The lowest BCUT2D eigenvalue weighted by atomic mass is 10.1. The van der Waals surface area contributed by atoms with Crippen LogP contribution < -0.4 is 4.74 Å². The molecule has 0 aromatic heterocycles. The van der Waals surface area contributed by atoms with Crippen molar-refractivity contribution in [2.24, 2.45) is 10.9 Å². The summed E-state index contributed by atoms with van der Waals surface area (Å²) in [5, 5.41) is 0. The van der Waals surface area contributed by atoms with E-state index in [2.05, 4.69) is 18.8 Å². The first-order chi connectivity index (χ1) is 7.72. The predicted molar refractivity (Wildman–Crippen MR) is 64.1 cm³/mol. The Kier molecular flexibility index (Phi) is 3.13. The van der Waals surface area contributed by atoms with Gasteiger partial charge in [0.15, 0.2) is 0 Å². The largest absolute Gasteiger partial charge is 0.496 e. The molecule has 1 unspecified atom stereocenters. The maximum Gasteiger partial charge on any atom is 0.220 e. The van der Waals surface area contributed by atoms with Gasteiger partial charge in [0.1, 0.15) is 12.4 Å². The zero-order valence-corrected chi connectivity index (χ0v) is 9.93. The zero-order chi connectivity index (χ0) is 11.5. The van der Waals surface area contributed by atoms with Crippen molar-refractivity contribution < 1.29 is 9.47 Å². The Morgan fingerprint density at radius 1 is 1.38 bits per heavy atom. The summed E-state index contributed by atoms with van der Waals surface area (Å²) in [7, 11) is 1.66. The van der Waals surface area contributed by atoms with Gasteiger partial charge in [-0.25, -0.2) is 4.99 Å². The van der Waals surface area contributed by atoms with E-state index in [0.29, 0.717) is 18.4 Å². The van der Waals surface area contributed by atoms with Gasteiger partial charge in [-0.1, -0.05) is 26.0 Å². The zero-order valence-electron chi connectivity index (χ0n) is 9.93. The van der Waals surface area contributed by atoms with Crippen molar-refractivity contribution in [1.29, 1.82) is 0 Å². The third-order valence-corrected chi connectivity index (χ3v) is 2.78. The van der Waals surface area contributed by atoms with Crippen LogP contribution in [0.3, 0.4) is 0 Å². The van der Waals surface area contributed by atoms with Crippen LogP contribution in [0.5, 0.6) is 5.75 Å². The van der Waals surface area contributed by atoms with Crippen LogP contribution in [0.4, 0.5) is 0 Å². The van der Waals surface area contributed by atoms with Crippen LogP contribution in [0.2, 0.25) is 0 Å². The van der Waals surface area contributed by atoms with E-state index in [4.69, 9.17) is 9.47 Å². The highest BCUT2D eigenvalue weighted by Gasteiger charge is 2.24. The molecule has 1 aromatic rings. The number of nitrogens with zero attached hydrogens (tertiary/aromatic N) is 1. The molecule has 3 heteroatoms. The van der Waals surface area contributed by atoms with E-state index in [1.54, 1.807) is 7.11 Å². The van der Waals surface area contributed by atoms with Crippen molar-refractivity contribution in [3.05, 3.63) is 29.8 Å². The number of hydrogen-bond acceptors (Lipinski definition) is 3. The highest BCUT2D eigenvalue weighted by molar-refractivity contribution is 5.97. The lowest BCUT2D eigenvalue weighted by Crippen LogP contribution is -2.13. The molecular weight excluding hydrogens is 202 g/mol. The fourth-order valence-corrected chi connectivity index (χ4v) is 1.70. The summed E-state index contributed by atoms with van der Waals surface area (Å²) in [4.78, 5) is 4.58. The first-order valence-electron chi connectivity index (χ1n) is 5.56. The van der Waals surface area contributed by atoms with Gasteiger partial charge < -0.3 is 9.47 Å². The molecule has 0 N–H and O–H groups in total. The Bertz CT molecular complexity index is 399. The van der Waals surface area contributed by atoms with E-state index in [-0.39, 0.29) is 6.04 Å². The molecule has 0 saturated heterocycles. The predicted octanol–water partition coefficient (Wildman–Crippen LogP) is 2.50. The lowest BCUT2D eigenvalue weighted by molar-refractivity contribution is 0.291. The smallest absolute Gasteiger partial charge is 0.220 e. The minimum atomic E-state index is 0.264. The monoisotopic (exact) mass is 219 g/mol. The average Bonchev–Trinajstić information content (AvgIpc) is 2.78. The second kappa shape index (κ2) is 4.56. The van der Waals surface area contributed by atoms with Gasteiger partial charge in [-0.3, -0.25) is 0 Å². The van der Waals surface area contributed by atoms with Crippen molar-refractivity contribution in [3.63, 3.8) is 0 Å². The van der Waals surface area contributed by atoms with Crippen molar-refractivity contribution in [2.75, 3.05) is 13.7 Å². The standard InChI is InChI=1S/C13H17NO2/c1-9(2)11-8-16-13(14-11)10-6-4-5-7-12(10)15-3/h4-7,9,11H,8H2,1-3H3. The van der Waals surface area contributed by atoms with Crippen LogP contribution in [0.1, 0.15) is 19.4 Å². The van der Waals surface area contributed by atoms with Crippen molar-refractivity contribution >= 4 is 5.90 Å². The fraction of sp³-hybridized carbons (Fsp3) is 0.462. The normalized spacial score (nSPS) is 19.5. The SMILES string of the molecule is COc1ccccc1C1=NC(C(C)C)CO1. The molecule has 1 atom stereocenters. The summed E-state index contributed by atoms with van der Waals surface area (Å²) in [5.41, 5.74) is 0.938. The molecule has 16 heavy (non-hydrogen) atoms. The van der Waals surface area contributed by atoms with Crippen molar-refractivity contribution in [1.82, 2.24) is 0 Å². The second-order valence-corrected chi connectivity index (χ2v) is 4.26. The lowest BCUT2D eigenvalue weighted by Gasteiger charge is -2.07. The Morgan fingerprint density at radius 3 is 2.75 bits per heavy atom. The minimum absolute atomic E-state index is 0.264. The van der Waals surface area contributed by atoms with E-state index < -0.39 is 0 Å². The van der Waals surface area contributed by atoms with E-state index in [0.717, 1.165) is 11.3 Å². The van der Waals surface area contributed by atoms with Gasteiger partial charge in [-0.05, 0) is 18.1 Å². The molecule has 0 aliphatic carbocycles. The number of ether oxygens (including phenoxy) is 2. The maximum atomic E-state index is 5.63. The Labute approximate surface area is 96.1 Å². The molecule has 3 nitrogen and oxygen atoms in total. The van der Waals surface area contributed by atoms with Gasteiger partial charge in [-0.2, -0.15) is 0 Å². The molecule has 1 aliphatic heterocycles. The average molecular weight is 219 g/mol. The molecule has 0 amide bonds. The molecule has 1 aromatic carbocycles. The molecule has 2 rings (SSSR count). The topological polar surface area (TPSA) is 30.8 Å². The van der Waals surface area contributed by atoms with Crippen LogP contribution in [0, 0.1) is 5.92 Å². The van der Waals surface area contributed by atoms with E-state index in [1.165, 1.54) is 0 Å². The summed E-state index contributed by atoms with van der Waals surface area (Å²) in [6.45, 7) is 4.98. The summed E-state index contributed by atoms with van der Waals surface area (Å²) < 4.78 is 10.9.